The highest BCUT2D eigenvalue weighted by Gasteiger charge is 2.26. The summed E-state index contributed by atoms with van der Waals surface area (Å²) in [6.07, 6.45) is 3.83. The Labute approximate surface area is 98.8 Å². The van der Waals surface area contributed by atoms with E-state index in [4.69, 9.17) is 16.3 Å². The predicted molar refractivity (Wildman–Crippen MR) is 62.4 cm³/mol. The van der Waals surface area contributed by atoms with E-state index in [0.29, 0.717) is 0 Å². The molecule has 0 radical (unpaired) electrons. The molecule has 0 atom stereocenters. The molecule has 0 aromatic carbocycles. The van der Waals surface area contributed by atoms with Crippen molar-refractivity contribution in [3.63, 3.8) is 0 Å². The van der Waals surface area contributed by atoms with E-state index in [1.54, 1.807) is 6.20 Å². The van der Waals surface area contributed by atoms with Gasteiger partial charge in [-0.2, -0.15) is 0 Å². The van der Waals surface area contributed by atoms with Crippen LogP contribution < -0.4 is 5.32 Å². The third kappa shape index (κ3) is 3.14. The standard InChI is InChI=1S/C10H15ClN2OS/c1-10(2-4-14-5-3-10)13-7-9-12-6-8(11)15-9/h6,13H,2-5,7H2,1H3. The smallest absolute Gasteiger partial charge is 0.113 e. The Morgan fingerprint density at radius 2 is 2.33 bits per heavy atom. The highest BCUT2D eigenvalue weighted by atomic mass is 35.5. The Morgan fingerprint density at radius 1 is 1.60 bits per heavy atom. The Kier molecular flexibility index (Phi) is 3.61. The van der Waals surface area contributed by atoms with Gasteiger partial charge in [0.1, 0.15) is 9.34 Å². The highest BCUT2D eigenvalue weighted by molar-refractivity contribution is 7.15. The average molecular weight is 247 g/mol. The number of aromatic nitrogens is 1. The van der Waals surface area contributed by atoms with Crippen LogP contribution in [-0.4, -0.2) is 23.7 Å². The average Bonchev–Trinajstić information content (AvgIpc) is 2.63. The fourth-order valence-corrected chi connectivity index (χ4v) is 2.55. The largest absolute Gasteiger partial charge is 0.381 e. The molecule has 1 aromatic heterocycles. The summed E-state index contributed by atoms with van der Waals surface area (Å²) in [6.45, 7) is 4.74. The third-order valence-corrected chi connectivity index (χ3v) is 3.90. The fourth-order valence-electron chi connectivity index (χ4n) is 1.66. The van der Waals surface area contributed by atoms with Crippen LogP contribution in [0.3, 0.4) is 0 Å². The van der Waals surface area contributed by atoms with Crippen LogP contribution in [0.5, 0.6) is 0 Å². The number of rotatable bonds is 3. The minimum Gasteiger partial charge on any atom is -0.381 e. The van der Waals surface area contributed by atoms with Crippen molar-refractivity contribution in [3.8, 4) is 0 Å². The molecule has 0 spiro atoms. The van der Waals surface area contributed by atoms with Gasteiger partial charge in [-0.25, -0.2) is 4.98 Å². The molecule has 2 heterocycles. The molecule has 84 valence electrons. The van der Waals surface area contributed by atoms with Crippen LogP contribution >= 0.6 is 22.9 Å². The number of hydrogen-bond donors (Lipinski definition) is 1. The summed E-state index contributed by atoms with van der Waals surface area (Å²) in [5, 5.41) is 4.59. The Bertz CT molecular complexity index is 323. The summed E-state index contributed by atoms with van der Waals surface area (Å²) in [7, 11) is 0. The van der Waals surface area contributed by atoms with Gasteiger partial charge in [0.25, 0.3) is 0 Å². The molecule has 1 saturated heterocycles. The lowest BCUT2D eigenvalue weighted by molar-refractivity contribution is 0.0446. The van der Waals surface area contributed by atoms with E-state index in [2.05, 4.69) is 17.2 Å². The number of hydrogen-bond acceptors (Lipinski definition) is 4. The number of ether oxygens (including phenoxy) is 1. The van der Waals surface area contributed by atoms with Crippen LogP contribution in [0.2, 0.25) is 4.34 Å². The van der Waals surface area contributed by atoms with Gasteiger partial charge in [-0.3, -0.25) is 0 Å². The molecule has 0 aliphatic carbocycles. The number of nitrogens with one attached hydrogen (secondary N) is 1. The summed E-state index contributed by atoms with van der Waals surface area (Å²) >= 11 is 7.36. The van der Waals surface area contributed by atoms with Gasteiger partial charge in [-0.05, 0) is 19.8 Å². The molecule has 1 aliphatic heterocycles. The van der Waals surface area contributed by atoms with E-state index >= 15 is 0 Å². The first kappa shape index (κ1) is 11.3. The number of thiazole rings is 1. The molecule has 0 saturated carbocycles. The van der Waals surface area contributed by atoms with Crippen molar-refractivity contribution in [2.45, 2.75) is 31.8 Å². The van der Waals surface area contributed by atoms with Gasteiger partial charge < -0.3 is 10.1 Å². The van der Waals surface area contributed by atoms with Crippen molar-refractivity contribution in [1.29, 1.82) is 0 Å². The van der Waals surface area contributed by atoms with Crippen LogP contribution in [0.4, 0.5) is 0 Å². The summed E-state index contributed by atoms with van der Waals surface area (Å²) in [5.74, 6) is 0. The minimum absolute atomic E-state index is 0.191. The fraction of sp³-hybridized carbons (Fsp3) is 0.700. The molecule has 2 rings (SSSR count). The normalized spacial score (nSPS) is 20.4. The zero-order valence-corrected chi connectivity index (χ0v) is 10.3. The highest BCUT2D eigenvalue weighted by Crippen LogP contribution is 2.22. The van der Waals surface area contributed by atoms with Crippen molar-refractivity contribution in [1.82, 2.24) is 10.3 Å². The van der Waals surface area contributed by atoms with Gasteiger partial charge in [0.2, 0.25) is 0 Å². The molecular weight excluding hydrogens is 232 g/mol. The molecule has 5 heteroatoms. The van der Waals surface area contributed by atoms with Crippen molar-refractivity contribution < 1.29 is 4.74 Å². The van der Waals surface area contributed by atoms with Crippen molar-refractivity contribution in [2.75, 3.05) is 13.2 Å². The lowest BCUT2D eigenvalue weighted by Crippen LogP contribution is -2.46. The maximum Gasteiger partial charge on any atom is 0.113 e. The van der Waals surface area contributed by atoms with Crippen molar-refractivity contribution in [3.05, 3.63) is 15.5 Å². The zero-order valence-electron chi connectivity index (χ0n) is 8.75. The molecule has 0 bridgehead atoms. The second-order valence-corrected chi connectivity index (χ2v) is 5.83. The Hall–Kier alpha value is -0.160. The maximum atomic E-state index is 5.82. The third-order valence-electron chi connectivity index (χ3n) is 2.79. The molecule has 0 unspecified atom stereocenters. The summed E-state index contributed by atoms with van der Waals surface area (Å²) < 4.78 is 6.10. The molecule has 1 aliphatic rings. The van der Waals surface area contributed by atoms with Crippen molar-refractivity contribution in [2.24, 2.45) is 0 Å². The van der Waals surface area contributed by atoms with Crippen molar-refractivity contribution >= 4 is 22.9 Å². The van der Waals surface area contributed by atoms with E-state index < -0.39 is 0 Å². The summed E-state index contributed by atoms with van der Waals surface area (Å²) in [4.78, 5) is 4.22. The maximum absolute atomic E-state index is 5.82. The lowest BCUT2D eigenvalue weighted by Gasteiger charge is -2.34. The Balaban J connectivity index is 1.86. The molecule has 0 amide bonds. The van der Waals surface area contributed by atoms with E-state index in [1.807, 2.05) is 0 Å². The number of nitrogens with zero attached hydrogens (tertiary/aromatic N) is 1. The minimum atomic E-state index is 0.191. The molecular formula is C10H15ClN2OS. The van der Waals surface area contributed by atoms with Gasteiger partial charge in [0, 0.05) is 25.3 Å². The van der Waals surface area contributed by atoms with Crippen LogP contribution in [0.15, 0.2) is 6.20 Å². The van der Waals surface area contributed by atoms with Crippen LogP contribution in [-0.2, 0) is 11.3 Å². The van der Waals surface area contributed by atoms with E-state index in [1.165, 1.54) is 11.3 Å². The predicted octanol–water partition coefficient (Wildman–Crippen LogP) is 2.46. The van der Waals surface area contributed by atoms with Gasteiger partial charge >= 0.3 is 0 Å². The van der Waals surface area contributed by atoms with Gasteiger partial charge in [0.15, 0.2) is 0 Å². The second-order valence-electron chi connectivity index (χ2n) is 4.08. The SMILES string of the molecule is CC1(NCc2ncc(Cl)s2)CCOCC1. The molecule has 15 heavy (non-hydrogen) atoms. The number of halogens is 1. The quantitative estimate of drug-likeness (QED) is 0.890. The van der Waals surface area contributed by atoms with Gasteiger partial charge in [0.05, 0.1) is 6.20 Å². The van der Waals surface area contributed by atoms with Crippen LogP contribution in [0.25, 0.3) is 0 Å². The molecule has 1 N–H and O–H groups in total. The first-order valence-electron chi connectivity index (χ1n) is 5.11. The lowest BCUT2D eigenvalue weighted by atomic mass is 9.93. The van der Waals surface area contributed by atoms with E-state index in [9.17, 15) is 0 Å². The van der Waals surface area contributed by atoms with Gasteiger partial charge in [-0.15, -0.1) is 11.3 Å². The molecule has 3 nitrogen and oxygen atoms in total. The van der Waals surface area contributed by atoms with Gasteiger partial charge in [-0.1, -0.05) is 11.6 Å². The topological polar surface area (TPSA) is 34.2 Å². The summed E-state index contributed by atoms with van der Waals surface area (Å²) in [6, 6.07) is 0. The molecule has 1 fully saturated rings. The van der Waals surface area contributed by atoms with E-state index in [-0.39, 0.29) is 5.54 Å². The zero-order chi connectivity index (χ0) is 10.7. The molecule has 1 aromatic rings. The van der Waals surface area contributed by atoms with Crippen LogP contribution in [0, 0.1) is 0 Å². The van der Waals surface area contributed by atoms with Crippen LogP contribution in [0.1, 0.15) is 24.8 Å². The first-order chi connectivity index (χ1) is 7.18. The van der Waals surface area contributed by atoms with E-state index in [0.717, 1.165) is 41.9 Å². The summed E-state index contributed by atoms with van der Waals surface area (Å²) in [5.41, 5.74) is 0.191. The first-order valence-corrected chi connectivity index (χ1v) is 6.30. The Morgan fingerprint density at radius 3 is 2.93 bits per heavy atom. The monoisotopic (exact) mass is 246 g/mol. The second kappa shape index (κ2) is 4.78.